The highest BCUT2D eigenvalue weighted by atomic mass is 32.2. The highest BCUT2D eigenvalue weighted by Gasteiger charge is 2.30. The quantitative estimate of drug-likeness (QED) is 0.870. The van der Waals surface area contributed by atoms with Gasteiger partial charge in [0.15, 0.2) is 0 Å². The van der Waals surface area contributed by atoms with Crippen LogP contribution in [0.3, 0.4) is 0 Å². The SMILES string of the molecule is CS(=O)(=O)NC[C@@H]1CN(C(=O)C2=CCCC2)Cc2cncn21. The van der Waals surface area contributed by atoms with E-state index in [1.54, 1.807) is 17.4 Å². The maximum atomic E-state index is 12.6. The molecule has 1 N–H and O–H groups in total. The number of imidazole rings is 1. The topological polar surface area (TPSA) is 84.3 Å². The second-order valence-electron chi connectivity index (χ2n) is 5.87. The Kier molecular flexibility index (Phi) is 4.05. The minimum atomic E-state index is -3.26. The second kappa shape index (κ2) is 5.85. The average molecular weight is 324 g/mol. The molecular weight excluding hydrogens is 304 g/mol. The van der Waals surface area contributed by atoms with Gasteiger partial charge >= 0.3 is 0 Å². The van der Waals surface area contributed by atoms with E-state index in [0.717, 1.165) is 36.8 Å². The van der Waals surface area contributed by atoms with E-state index < -0.39 is 10.0 Å². The first-order valence-corrected chi connectivity index (χ1v) is 9.27. The zero-order valence-corrected chi connectivity index (χ0v) is 13.3. The van der Waals surface area contributed by atoms with E-state index in [9.17, 15) is 13.2 Å². The van der Waals surface area contributed by atoms with E-state index in [1.165, 1.54) is 0 Å². The number of hydrogen-bond donors (Lipinski definition) is 1. The van der Waals surface area contributed by atoms with Gasteiger partial charge in [0.05, 0.1) is 30.9 Å². The number of nitrogens with one attached hydrogen (secondary N) is 1. The van der Waals surface area contributed by atoms with Crippen LogP contribution in [0.1, 0.15) is 31.0 Å². The number of hydrogen-bond acceptors (Lipinski definition) is 4. The molecule has 0 aromatic carbocycles. The number of carbonyl (C=O) groups excluding carboxylic acids is 1. The van der Waals surface area contributed by atoms with Crippen LogP contribution in [0.5, 0.6) is 0 Å². The molecule has 7 nitrogen and oxygen atoms in total. The largest absolute Gasteiger partial charge is 0.331 e. The summed E-state index contributed by atoms with van der Waals surface area (Å²) in [5.41, 5.74) is 1.81. The van der Waals surface area contributed by atoms with Crippen LogP contribution in [0.15, 0.2) is 24.2 Å². The van der Waals surface area contributed by atoms with E-state index in [2.05, 4.69) is 9.71 Å². The number of allylic oxidation sites excluding steroid dienone is 1. The number of aromatic nitrogens is 2. The van der Waals surface area contributed by atoms with Gasteiger partial charge in [0.1, 0.15) is 0 Å². The van der Waals surface area contributed by atoms with Crippen molar-refractivity contribution < 1.29 is 13.2 Å². The zero-order chi connectivity index (χ0) is 15.7. The highest BCUT2D eigenvalue weighted by Crippen LogP contribution is 2.25. The molecule has 1 atom stereocenters. The molecule has 0 saturated heterocycles. The van der Waals surface area contributed by atoms with Gasteiger partial charge in [0.2, 0.25) is 15.9 Å². The Balaban J connectivity index is 1.77. The molecule has 0 bridgehead atoms. The molecule has 22 heavy (non-hydrogen) atoms. The van der Waals surface area contributed by atoms with Gasteiger partial charge in [0.25, 0.3) is 0 Å². The van der Waals surface area contributed by atoms with Gasteiger partial charge in [-0.2, -0.15) is 0 Å². The first-order valence-electron chi connectivity index (χ1n) is 7.38. The summed E-state index contributed by atoms with van der Waals surface area (Å²) in [6.45, 7) is 1.26. The Labute approximate surface area is 130 Å². The third-order valence-corrected chi connectivity index (χ3v) is 4.80. The standard InChI is InChI=1S/C14H20N4O3S/c1-22(20,21)16-7-13-9-17(8-12-6-15-10-18(12)13)14(19)11-4-2-3-5-11/h4,6,10,13,16H,2-3,5,7-9H2,1H3/t13-/m1/s1. The van der Waals surface area contributed by atoms with E-state index in [0.29, 0.717) is 13.1 Å². The fourth-order valence-corrected chi connectivity index (χ4v) is 3.51. The van der Waals surface area contributed by atoms with Gasteiger partial charge in [-0.3, -0.25) is 4.79 Å². The van der Waals surface area contributed by atoms with Gasteiger partial charge < -0.3 is 9.47 Å². The van der Waals surface area contributed by atoms with Crippen LogP contribution in [0.4, 0.5) is 0 Å². The monoisotopic (exact) mass is 324 g/mol. The third-order valence-electron chi connectivity index (χ3n) is 4.11. The minimum absolute atomic E-state index is 0.0642. The van der Waals surface area contributed by atoms with Crippen molar-refractivity contribution in [1.29, 1.82) is 0 Å². The van der Waals surface area contributed by atoms with Crippen LogP contribution < -0.4 is 4.72 Å². The van der Waals surface area contributed by atoms with Crippen LogP contribution in [0.2, 0.25) is 0 Å². The lowest BCUT2D eigenvalue weighted by molar-refractivity contribution is -0.129. The summed E-state index contributed by atoms with van der Waals surface area (Å²) in [6.07, 6.45) is 9.41. The Bertz CT molecular complexity index is 707. The smallest absolute Gasteiger partial charge is 0.249 e. The predicted octanol–water partition coefficient (Wildman–Crippen LogP) is 0.426. The van der Waals surface area contributed by atoms with E-state index in [4.69, 9.17) is 0 Å². The molecule has 8 heteroatoms. The minimum Gasteiger partial charge on any atom is -0.331 e. The van der Waals surface area contributed by atoms with Gasteiger partial charge in [-0.1, -0.05) is 6.08 Å². The van der Waals surface area contributed by atoms with E-state index in [1.807, 2.05) is 10.6 Å². The lowest BCUT2D eigenvalue weighted by Crippen LogP contribution is -2.44. The molecule has 0 radical (unpaired) electrons. The van der Waals surface area contributed by atoms with Crippen molar-refractivity contribution in [1.82, 2.24) is 19.2 Å². The Hall–Kier alpha value is -1.67. The zero-order valence-electron chi connectivity index (χ0n) is 12.5. The lowest BCUT2D eigenvalue weighted by Gasteiger charge is -2.34. The molecule has 0 saturated carbocycles. The molecule has 120 valence electrons. The fraction of sp³-hybridized carbons (Fsp3) is 0.571. The second-order valence-corrected chi connectivity index (χ2v) is 7.71. The van der Waals surface area contributed by atoms with E-state index in [-0.39, 0.29) is 18.5 Å². The normalized spacial score (nSPS) is 21.6. The molecule has 3 rings (SSSR count). The number of rotatable bonds is 4. The molecule has 0 fully saturated rings. The average Bonchev–Trinajstić information content (AvgIpc) is 3.13. The van der Waals surface area contributed by atoms with Crippen molar-refractivity contribution in [3.05, 3.63) is 29.9 Å². The van der Waals surface area contributed by atoms with Crippen LogP contribution in [0.25, 0.3) is 0 Å². The molecule has 0 unspecified atom stereocenters. The number of carbonyl (C=O) groups is 1. The molecule has 2 aliphatic rings. The summed E-state index contributed by atoms with van der Waals surface area (Å²) in [7, 11) is -3.26. The van der Waals surface area contributed by atoms with Gasteiger partial charge in [0, 0.05) is 24.9 Å². The maximum absolute atomic E-state index is 12.6. The number of amides is 1. The summed E-state index contributed by atoms with van der Waals surface area (Å²) < 4.78 is 27.1. The van der Waals surface area contributed by atoms with Crippen molar-refractivity contribution in [3.8, 4) is 0 Å². The number of sulfonamides is 1. The Morgan fingerprint density at radius 1 is 1.50 bits per heavy atom. The van der Waals surface area contributed by atoms with E-state index >= 15 is 0 Å². The van der Waals surface area contributed by atoms with Crippen LogP contribution in [0, 0.1) is 0 Å². The van der Waals surface area contributed by atoms with Gasteiger partial charge in [-0.25, -0.2) is 18.1 Å². The van der Waals surface area contributed by atoms with Crippen molar-refractivity contribution in [2.45, 2.75) is 31.8 Å². The number of fused-ring (bicyclic) bond motifs is 1. The lowest BCUT2D eigenvalue weighted by atomic mass is 10.1. The molecule has 1 aromatic heterocycles. The van der Waals surface area contributed by atoms with Crippen LogP contribution in [-0.2, 0) is 21.4 Å². The first kappa shape index (κ1) is 15.2. The van der Waals surface area contributed by atoms with Gasteiger partial charge in [-0.05, 0) is 19.3 Å². The summed E-state index contributed by atoms with van der Waals surface area (Å²) in [5.74, 6) is 0.0642. The molecule has 1 amide bonds. The third kappa shape index (κ3) is 3.22. The number of nitrogens with zero attached hydrogens (tertiary/aromatic N) is 3. The molecule has 0 spiro atoms. The molecule has 2 heterocycles. The summed E-state index contributed by atoms with van der Waals surface area (Å²) in [5, 5.41) is 0. The molecule has 1 aliphatic heterocycles. The Morgan fingerprint density at radius 2 is 2.32 bits per heavy atom. The van der Waals surface area contributed by atoms with Crippen molar-refractivity contribution in [2.24, 2.45) is 0 Å². The fourth-order valence-electron chi connectivity index (χ4n) is 3.02. The van der Waals surface area contributed by atoms with Crippen molar-refractivity contribution >= 4 is 15.9 Å². The van der Waals surface area contributed by atoms with Crippen LogP contribution >= 0.6 is 0 Å². The van der Waals surface area contributed by atoms with Crippen LogP contribution in [-0.4, -0.2) is 48.1 Å². The first-order chi connectivity index (χ1) is 10.4. The van der Waals surface area contributed by atoms with Crippen molar-refractivity contribution in [2.75, 3.05) is 19.3 Å². The van der Waals surface area contributed by atoms with Gasteiger partial charge in [-0.15, -0.1) is 0 Å². The molecular formula is C14H20N4O3S. The Morgan fingerprint density at radius 3 is 3.00 bits per heavy atom. The maximum Gasteiger partial charge on any atom is 0.249 e. The van der Waals surface area contributed by atoms with Crippen molar-refractivity contribution in [3.63, 3.8) is 0 Å². The molecule has 1 aliphatic carbocycles. The highest BCUT2D eigenvalue weighted by molar-refractivity contribution is 7.88. The predicted molar refractivity (Wildman–Crippen MR) is 81.5 cm³/mol. The summed E-state index contributed by atoms with van der Waals surface area (Å²) in [4.78, 5) is 18.5. The summed E-state index contributed by atoms with van der Waals surface area (Å²) >= 11 is 0. The molecule has 1 aromatic rings. The summed E-state index contributed by atoms with van der Waals surface area (Å²) in [6, 6.07) is -0.132.